The predicted octanol–water partition coefficient (Wildman–Crippen LogP) is 5.58. The van der Waals surface area contributed by atoms with Crippen molar-refractivity contribution in [3.63, 3.8) is 0 Å². The Hall–Kier alpha value is -1.91. The largest absolute Gasteiger partial charge is 0.480 e. The molecule has 9 atom stereocenters. The zero-order valence-electron chi connectivity index (χ0n) is 33.8. The topological polar surface area (TPSA) is 119 Å². The highest BCUT2D eigenvalue weighted by Gasteiger charge is 2.71. The van der Waals surface area contributed by atoms with Gasteiger partial charge in [0.1, 0.15) is 5.54 Å². The molecule has 0 bridgehead atoms. The maximum atomic E-state index is 13.7. The summed E-state index contributed by atoms with van der Waals surface area (Å²) in [5.74, 6) is 5.71. The molecule has 0 unspecified atom stereocenters. The lowest BCUT2D eigenvalue weighted by molar-refractivity contribution is -0.240. The Kier molecular flexibility index (Phi) is 9.91. The van der Waals surface area contributed by atoms with Crippen LogP contribution >= 0.6 is 0 Å². The number of allylic oxidation sites excluding steroid dienone is 1. The standard InChI is InChI=1S/C43H70N4O5S/c1-29(2)30-12-15-42(28-44-21-9-22-46-24-26-53(8,52)27-25-46)17-16-40(6)31(34(30)42)10-11-33-39(5)20-23-47(38(3,4)32(39)13-14-41(33,40)7)36(49)35(48)45-43(18-19-43)37(50)51/h30-34,44H,1,8-28H2,2-7H3,(H,45,48)(H,50,51)/t30-,31+,32-,33+,34+,39-,40+,41+,42+/m0/s1. The summed E-state index contributed by atoms with van der Waals surface area (Å²) in [6.45, 7) is 24.6. The molecule has 5 aliphatic carbocycles. The minimum Gasteiger partial charge on any atom is -0.480 e. The molecule has 0 aromatic carbocycles. The van der Waals surface area contributed by atoms with Crippen LogP contribution in [0.3, 0.4) is 0 Å². The number of carbonyl (C=O) groups is 3. The van der Waals surface area contributed by atoms with Crippen molar-refractivity contribution in [1.82, 2.24) is 20.4 Å². The van der Waals surface area contributed by atoms with Crippen LogP contribution in [0.5, 0.6) is 0 Å². The van der Waals surface area contributed by atoms with E-state index in [1.807, 2.05) is 0 Å². The Balaban J connectivity index is 1.05. The zero-order valence-corrected chi connectivity index (χ0v) is 34.6. The van der Waals surface area contributed by atoms with Crippen LogP contribution in [-0.2, 0) is 23.9 Å². The molecular weight excluding hydrogens is 685 g/mol. The van der Waals surface area contributed by atoms with E-state index in [2.05, 4.69) is 69.5 Å². The number of fused-ring (bicyclic) bond motifs is 7. The number of carbonyl (C=O) groups excluding carboxylic acids is 2. The highest BCUT2D eigenvalue weighted by molar-refractivity contribution is 8.00. The molecule has 2 heterocycles. The smallest absolute Gasteiger partial charge is 0.329 e. The molecule has 0 aromatic heterocycles. The first-order valence-electron chi connectivity index (χ1n) is 21.0. The average molecular weight is 755 g/mol. The number of rotatable bonds is 9. The molecule has 0 spiro atoms. The first-order valence-corrected chi connectivity index (χ1v) is 23.1. The fraction of sp³-hybridized carbons (Fsp3) is 0.860. The number of piperidine rings is 1. The number of hydrogen-bond acceptors (Lipinski definition) is 6. The lowest BCUT2D eigenvalue weighted by Crippen LogP contribution is -2.71. The van der Waals surface area contributed by atoms with Crippen molar-refractivity contribution < 1.29 is 23.7 Å². The summed E-state index contributed by atoms with van der Waals surface area (Å²) in [5, 5.41) is 16.2. The summed E-state index contributed by atoms with van der Waals surface area (Å²) in [4.78, 5) is 42.9. The van der Waals surface area contributed by atoms with Gasteiger partial charge in [-0.25, -0.2) is 4.79 Å². The lowest BCUT2D eigenvalue weighted by Gasteiger charge is -2.73. The summed E-state index contributed by atoms with van der Waals surface area (Å²) in [6, 6.07) is 0. The van der Waals surface area contributed by atoms with Crippen LogP contribution in [0.2, 0.25) is 0 Å². The Morgan fingerprint density at radius 1 is 0.849 bits per heavy atom. The summed E-state index contributed by atoms with van der Waals surface area (Å²) in [7, 11) is -1.85. The molecule has 0 radical (unpaired) electrons. The van der Waals surface area contributed by atoms with Crippen LogP contribution in [0.1, 0.15) is 119 Å². The Labute approximate surface area is 320 Å². The van der Waals surface area contributed by atoms with E-state index in [1.54, 1.807) is 4.90 Å². The van der Waals surface area contributed by atoms with E-state index in [1.165, 1.54) is 44.1 Å². The fourth-order valence-electron chi connectivity index (χ4n) is 14.4. The molecule has 298 valence electrons. The maximum absolute atomic E-state index is 13.7. The second-order valence-corrected chi connectivity index (χ2v) is 23.2. The van der Waals surface area contributed by atoms with Gasteiger partial charge in [-0.3, -0.25) is 13.8 Å². The van der Waals surface area contributed by atoms with E-state index in [-0.39, 0.29) is 22.2 Å². The van der Waals surface area contributed by atoms with Crippen molar-refractivity contribution in [3.8, 4) is 0 Å². The molecule has 2 amide bonds. The molecule has 9 nitrogen and oxygen atoms in total. The molecule has 2 saturated heterocycles. The second kappa shape index (κ2) is 13.3. The molecule has 53 heavy (non-hydrogen) atoms. The highest BCUT2D eigenvalue weighted by atomic mass is 32.2. The van der Waals surface area contributed by atoms with Gasteiger partial charge in [-0.05, 0) is 178 Å². The van der Waals surface area contributed by atoms with Gasteiger partial charge in [0.15, 0.2) is 0 Å². The van der Waals surface area contributed by atoms with Gasteiger partial charge in [0, 0.05) is 43.2 Å². The molecule has 7 fully saturated rings. The van der Waals surface area contributed by atoms with Crippen LogP contribution in [0.15, 0.2) is 12.2 Å². The van der Waals surface area contributed by atoms with E-state index in [4.69, 9.17) is 0 Å². The van der Waals surface area contributed by atoms with Gasteiger partial charge in [0.05, 0.1) is 0 Å². The molecule has 7 aliphatic rings. The van der Waals surface area contributed by atoms with Gasteiger partial charge in [-0.1, -0.05) is 32.9 Å². The number of carboxylic acids is 1. The minimum atomic E-state index is -1.85. The number of nitrogens with one attached hydrogen (secondary N) is 2. The van der Waals surface area contributed by atoms with Crippen LogP contribution < -0.4 is 10.6 Å². The number of nitrogens with zero attached hydrogens (tertiary/aromatic N) is 2. The third-order valence-electron chi connectivity index (χ3n) is 17.7. The first kappa shape index (κ1) is 39.3. The van der Waals surface area contributed by atoms with Gasteiger partial charge >= 0.3 is 17.8 Å². The summed E-state index contributed by atoms with van der Waals surface area (Å²) in [5.41, 5.74) is 0.373. The van der Waals surface area contributed by atoms with Gasteiger partial charge in [-0.2, -0.15) is 0 Å². The number of hydrogen-bond donors (Lipinski definition) is 3. The van der Waals surface area contributed by atoms with E-state index < -0.39 is 38.4 Å². The Morgan fingerprint density at radius 3 is 2.19 bits per heavy atom. The third-order valence-corrected chi connectivity index (χ3v) is 19.6. The number of aliphatic carboxylic acids is 1. The van der Waals surface area contributed by atoms with Crippen molar-refractivity contribution in [2.24, 2.45) is 51.2 Å². The maximum Gasteiger partial charge on any atom is 0.329 e. The van der Waals surface area contributed by atoms with Crippen molar-refractivity contribution in [2.75, 3.05) is 50.8 Å². The van der Waals surface area contributed by atoms with Crippen LogP contribution in [0.25, 0.3) is 0 Å². The van der Waals surface area contributed by atoms with Crippen molar-refractivity contribution in [2.45, 2.75) is 130 Å². The van der Waals surface area contributed by atoms with Gasteiger partial charge in [0.2, 0.25) is 0 Å². The van der Waals surface area contributed by atoms with E-state index >= 15 is 0 Å². The Morgan fingerprint density at radius 2 is 1.55 bits per heavy atom. The monoisotopic (exact) mass is 755 g/mol. The van der Waals surface area contributed by atoms with E-state index in [0.29, 0.717) is 48.5 Å². The van der Waals surface area contributed by atoms with Crippen LogP contribution in [0, 0.1) is 51.2 Å². The summed E-state index contributed by atoms with van der Waals surface area (Å²) >= 11 is 0. The first-order chi connectivity index (χ1) is 24.8. The predicted molar refractivity (Wildman–Crippen MR) is 213 cm³/mol. The molecular formula is C43H70N4O5S. The minimum absolute atomic E-state index is 0.0501. The van der Waals surface area contributed by atoms with Gasteiger partial charge in [-0.15, -0.1) is 0 Å². The lowest BCUT2D eigenvalue weighted by atomic mass is 9.33. The Bertz CT molecular complexity index is 1610. The summed E-state index contributed by atoms with van der Waals surface area (Å²) in [6.07, 6.45) is 12.5. The van der Waals surface area contributed by atoms with Crippen LogP contribution in [0.4, 0.5) is 0 Å². The quantitative estimate of drug-likeness (QED) is 0.122. The van der Waals surface area contributed by atoms with Gasteiger partial charge in [0.25, 0.3) is 0 Å². The molecule has 5 saturated carbocycles. The van der Waals surface area contributed by atoms with Crippen LogP contribution in [-0.4, -0.2) is 105 Å². The van der Waals surface area contributed by atoms with Crippen molar-refractivity contribution in [3.05, 3.63) is 12.2 Å². The third kappa shape index (κ3) is 6.25. The average Bonchev–Trinajstić information content (AvgIpc) is 3.77. The normalized spacial score (nSPS) is 42.3. The SMILES string of the molecule is C=C(C)[C@@H]1CC[C@]2(CNCCCN3CCS(=C)(=O)CC3)CC[C@]3(C)[C@H](CC[C@@H]4[C@@]5(C)CCN(C(=O)C(=O)NC6(C(=O)O)CC6)C(C)(C)[C@@H]5CC[C@]43C)[C@@H]12. The number of amides is 2. The van der Waals surface area contributed by atoms with E-state index in [9.17, 15) is 23.7 Å². The van der Waals surface area contributed by atoms with Crippen molar-refractivity contribution >= 4 is 33.2 Å². The number of carboxylic acid groups (broad SMARTS) is 1. The van der Waals surface area contributed by atoms with Crippen molar-refractivity contribution in [1.29, 1.82) is 0 Å². The zero-order chi connectivity index (χ0) is 38.4. The molecule has 2 aliphatic heterocycles. The molecule has 0 aromatic rings. The molecule has 3 N–H and O–H groups in total. The van der Waals surface area contributed by atoms with Gasteiger partial charge < -0.3 is 25.5 Å². The van der Waals surface area contributed by atoms with E-state index in [0.717, 1.165) is 69.9 Å². The fourth-order valence-corrected chi connectivity index (χ4v) is 15.7. The molecule has 10 heteroatoms. The highest BCUT2D eigenvalue weighted by Crippen LogP contribution is 2.76. The molecule has 7 rings (SSSR count). The second-order valence-electron chi connectivity index (χ2n) is 20.5. The summed E-state index contributed by atoms with van der Waals surface area (Å²) < 4.78 is 12.3. The number of likely N-dealkylation sites (tertiary alicyclic amines) is 1.